The van der Waals surface area contributed by atoms with Crippen LogP contribution in [-0.4, -0.2) is 33.1 Å². The zero-order valence-corrected chi connectivity index (χ0v) is 17.7. The summed E-state index contributed by atoms with van der Waals surface area (Å²) in [6.45, 7) is 12.1. The molecule has 2 aromatic heterocycles. The molecule has 3 rings (SSSR count). The maximum absolute atomic E-state index is 12.1. The Kier molecular flexibility index (Phi) is 5.87. The summed E-state index contributed by atoms with van der Waals surface area (Å²) in [6, 6.07) is 8.08. The Morgan fingerprint density at radius 3 is 2.59 bits per heavy atom. The summed E-state index contributed by atoms with van der Waals surface area (Å²) in [5.41, 5.74) is 6.28. The van der Waals surface area contributed by atoms with E-state index < -0.39 is 0 Å². The van der Waals surface area contributed by atoms with E-state index in [1.807, 2.05) is 59.7 Å². The van der Waals surface area contributed by atoms with Gasteiger partial charge in [0.1, 0.15) is 0 Å². The van der Waals surface area contributed by atoms with Crippen molar-refractivity contribution in [3.8, 4) is 11.3 Å². The number of hydrogen-bond acceptors (Lipinski definition) is 4. The summed E-state index contributed by atoms with van der Waals surface area (Å²) in [5.74, 6) is 0.824. The fraction of sp³-hybridized carbons (Fsp3) is 0.318. The van der Waals surface area contributed by atoms with Crippen LogP contribution in [0.25, 0.3) is 27.9 Å². The van der Waals surface area contributed by atoms with Crippen molar-refractivity contribution in [1.29, 1.82) is 0 Å². The minimum absolute atomic E-state index is 0.205. The van der Waals surface area contributed by atoms with Crippen LogP contribution >= 0.6 is 0 Å². The highest BCUT2D eigenvalue weighted by Crippen LogP contribution is 2.29. The van der Waals surface area contributed by atoms with Gasteiger partial charge in [0.25, 0.3) is 5.91 Å². The van der Waals surface area contributed by atoms with Gasteiger partial charge in [-0.1, -0.05) is 11.2 Å². The molecule has 0 fully saturated rings. The first-order valence-electron chi connectivity index (χ1n) is 9.64. The Bertz CT molecular complexity index is 1110. The fourth-order valence-electron chi connectivity index (χ4n) is 3.04. The number of aromatic amines is 2. The largest absolute Gasteiger partial charge is 0.355 e. The molecule has 0 unspecified atom stereocenters. The second-order valence-corrected chi connectivity index (χ2v) is 7.36. The molecule has 152 valence electrons. The monoisotopic (exact) mass is 393 g/mol. The SMILES string of the molecule is CCNC(=O)c1nc(-c2ccc3[nH]c(C(ON=C(C)C)=C(C)C)cc3c2)c(C)[nH]1. The Labute approximate surface area is 170 Å². The van der Waals surface area contributed by atoms with Gasteiger partial charge in [0.2, 0.25) is 0 Å². The molecular formula is C22H27N5O2. The number of imidazole rings is 1. The van der Waals surface area contributed by atoms with Crippen molar-refractivity contribution in [1.82, 2.24) is 20.3 Å². The molecule has 0 saturated heterocycles. The van der Waals surface area contributed by atoms with Crippen LogP contribution in [0.3, 0.4) is 0 Å². The van der Waals surface area contributed by atoms with E-state index >= 15 is 0 Å². The number of rotatable bonds is 6. The molecule has 3 aromatic rings. The van der Waals surface area contributed by atoms with Crippen LogP contribution in [0.5, 0.6) is 0 Å². The van der Waals surface area contributed by atoms with Crippen LogP contribution in [0, 0.1) is 6.92 Å². The molecule has 1 aromatic carbocycles. The van der Waals surface area contributed by atoms with Crippen LogP contribution in [0.15, 0.2) is 35.0 Å². The average molecular weight is 393 g/mol. The molecule has 0 saturated carbocycles. The molecular weight excluding hydrogens is 366 g/mol. The number of carbonyl (C=O) groups excluding carboxylic acids is 1. The van der Waals surface area contributed by atoms with Crippen molar-refractivity contribution in [2.75, 3.05) is 6.54 Å². The number of nitrogens with zero attached hydrogens (tertiary/aromatic N) is 2. The van der Waals surface area contributed by atoms with Gasteiger partial charge in [0, 0.05) is 28.7 Å². The molecule has 3 N–H and O–H groups in total. The number of oxime groups is 1. The van der Waals surface area contributed by atoms with E-state index in [2.05, 4.69) is 31.5 Å². The number of hydrogen-bond donors (Lipinski definition) is 3. The van der Waals surface area contributed by atoms with E-state index in [1.165, 1.54) is 0 Å². The third-order valence-corrected chi connectivity index (χ3v) is 4.35. The zero-order chi connectivity index (χ0) is 21.1. The lowest BCUT2D eigenvalue weighted by Crippen LogP contribution is -2.23. The number of aromatic nitrogens is 3. The minimum Gasteiger partial charge on any atom is -0.355 e. The number of benzene rings is 1. The second kappa shape index (κ2) is 8.34. The highest BCUT2D eigenvalue weighted by atomic mass is 16.6. The first-order chi connectivity index (χ1) is 13.8. The summed E-state index contributed by atoms with van der Waals surface area (Å²) < 4.78 is 0. The quantitative estimate of drug-likeness (QED) is 0.319. The van der Waals surface area contributed by atoms with Gasteiger partial charge in [-0.3, -0.25) is 4.79 Å². The summed E-state index contributed by atoms with van der Waals surface area (Å²) in [6.07, 6.45) is 0. The molecule has 7 heteroatoms. The molecule has 0 aliphatic rings. The number of fused-ring (bicyclic) bond motifs is 1. The standard InChI is InChI=1S/C22H27N5O2/c1-7-23-22(28)21-24-14(6)19(26-21)15-8-9-17-16(10-15)11-18(25-17)20(12(2)3)29-27-13(4)5/h8-11,25H,7H2,1-6H3,(H,23,28)(H,24,26). The van der Waals surface area contributed by atoms with Gasteiger partial charge in [-0.25, -0.2) is 4.98 Å². The summed E-state index contributed by atoms with van der Waals surface area (Å²) in [4.78, 5) is 28.7. The van der Waals surface area contributed by atoms with Crippen LogP contribution in [-0.2, 0) is 4.84 Å². The van der Waals surface area contributed by atoms with E-state index in [0.29, 0.717) is 18.1 Å². The van der Waals surface area contributed by atoms with E-state index in [4.69, 9.17) is 4.84 Å². The van der Waals surface area contributed by atoms with Gasteiger partial charge in [0.05, 0.1) is 17.1 Å². The van der Waals surface area contributed by atoms with Crippen molar-refractivity contribution in [3.05, 3.63) is 47.1 Å². The van der Waals surface area contributed by atoms with Gasteiger partial charge in [-0.2, -0.15) is 0 Å². The lowest BCUT2D eigenvalue weighted by molar-refractivity contribution is 0.0946. The maximum atomic E-state index is 12.1. The van der Waals surface area contributed by atoms with Gasteiger partial charge < -0.3 is 20.1 Å². The molecule has 0 aliphatic heterocycles. The van der Waals surface area contributed by atoms with Crippen molar-refractivity contribution in [2.45, 2.75) is 41.5 Å². The predicted octanol–water partition coefficient (Wildman–Crippen LogP) is 4.78. The third-order valence-electron chi connectivity index (χ3n) is 4.35. The normalized spacial score (nSPS) is 10.7. The molecule has 0 spiro atoms. The van der Waals surface area contributed by atoms with Crippen LogP contribution in [0.1, 0.15) is 56.6 Å². The maximum Gasteiger partial charge on any atom is 0.287 e. The molecule has 1 amide bonds. The number of nitrogens with one attached hydrogen (secondary N) is 3. The number of allylic oxidation sites excluding steroid dienone is 1. The van der Waals surface area contributed by atoms with Crippen molar-refractivity contribution < 1.29 is 9.63 Å². The van der Waals surface area contributed by atoms with E-state index in [1.54, 1.807) is 0 Å². The summed E-state index contributed by atoms with van der Waals surface area (Å²) in [7, 11) is 0. The first-order valence-corrected chi connectivity index (χ1v) is 9.64. The van der Waals surface area contributed by atoms with Crippen LogP contribution in [0.2, 0.25) is 0 Å². The highest BCUT2D eigenvalue weighted by molar-refractivity contribution is 5.92. The van der Waals surface area contributed by atoms with Crippen molar-refractivity contribution in [2.24, 2.45) is 5.16 Å². The van der Waals surface area contributed by atoms with Gasteiger partial charge in [0.15, 0.2) is 11.6 Å². The number of aryl methyl sites for hydroxylation is 1. The molecule has 29 heavy (non-hydrogen) atoms. The Morgan fingerprint density at radius 1 is 1.17 bits per heavy atom. The molecule has 0 aliphatic carbocycles. The predicted molar refractivity (Wildman–Crippen MR) is 117 cm³/mol. The molecule has 0 bridgehead atoms. The second-order valence-electron chi connectivity index (χ2n) is 7.36. The van der Waals surface area contributed by atoms with E-state index in [-0.39, 0.29) is 5.91 Å². The molecule has 2 heterocycles. The summed E-state index contributed by atoms with van der Waals surface area (Å²) in [5, 5.41) is 7.88. The van der Waals surface area contributed by atoms with E-state index in [0.717, 1.165) is 44.8 Å². The molecule has 7 nitrogen and oxygen atoms in total. The van der Waals surface area contributed by atoms with Crippen molar-refractivity contribution in [3.63, 3.8) is 0 Å². The Hall–Kier alpha value is -3.35. The Balaban J connectivity index is 1.99. The van der Waals surface area contributed by atoms with Crippen LogP contribution < -0.4 is 5.32 Å². The topological polar surface area (TPSA) is 95.2 Å². The van der Waals surface area contributed by atoms with Gasteiger partial charge in [-0.05, 0) is 65.3 Å². The van der Waals surface area contributed by atoms with E-state index in [9.17, 15) is 4.79 Å². The third kappa shape index (κ3) is 4.39. The number of amides is 1. The highest BCUT2D eigenvalue weighted by Gasteiger charge is 2.16. The van der Waals surface area contributed by atoms with Crippen molar-refractivity contribution >= 4 is 28.3 Å². The van der Waals surface area contributed by atoms with Gasteiger partial charge in [-0.15, -0.1) is 0 Å². The average Bonchev–Trinajstić information content (AvgIpc) is 3.24. The van der Waals surface area contributed by atoms with Crippen LogP contribution in [0.4, 0.5) is 0 Å². The number of carbonyl (C=O) groups is 1. The van der Waals surface area contributed by atoms with Gasteiger partial charge >= 0.3 is 0 Å². The Morgan fingerprint density at radius 2 is 1.93 bits per heavy atom. The first kappa shape index (κ1) is 20.4. The number of H-pyrrole nitrogens is 2. The lowest BCUT2D eigenvalue weighted by Gasteiger charge is -2.05. The fourth-order valence-corrected chi connectivity index (χ4v) is 3.04. The summed E-state index contributed by atoms with van der Waals surface area (Å²) >= 11 is 0. The zero-order valence-electron chi connectivity index (χ0n) is 17.7. The smallest absolute Gasteiger partial charge is 0.287 e. The lowest BCUT2D eigenvalue weighted by atomic mass is 10.1. The minimum atomic E-state index is -0.205. The molecule has 0 radical (unpaired) electrons. The molecule has 0 atom stereocenters.